The quantitative estimate of drug-likeness (QED) is 0.735. The number of aromatic nitrogens is 3. The zero-order valence-corrected chi connectivity index (χ0v) is 11.1. The van der Waals surface area contributed by atoms with Gasteiger partial charge in [-0.25, -0.2) is 0 Å². The Kier molecular flexibility index (Phi) is 5.43. The highest BCUT2D eigenvalue weighted by Crippen LogP contribution is 2.20. The highest BCUT2D eigenvalue weighted by atomic mass is 32.2. The second-order valence-corrected chi connectivity index (χ2v) is 5.09. The number of hydrogen-bond acceptors (Lipinski definition) is 5. The molecule has 96 valence electrons. The van der Waals surface area contributed by atoms with E-state index in [9.17, 15) is 4.79 Å². The van der Waals surface area contributed by atoms with Crippen LogP contribution in [0.3, 0.4) is 0 Å². The summed E-state index contributed by atoms with van der Waals surface area (Å²) in [6.45, 7) is 3.06. The van der Waals surface area contributed by atoms with E-state index in [0.717, 1.165) is 13.0 Å². The molecule has 6 nitrogen and oxygen atoms in total. The van der Waals surface area contributed by atoms with Crippen molar-refractivity contribution in [1.29, 1.82) is 0 Å². The zero-order chi connectivity index (χ0) is 12.8. The monoisotopic (exact) mass is 258 g/mol. The molecule has 0 radical (unpaired) electrons. The number of carboxylic acid groups (broad SMARTS) is 1. The van der Waals surface area contributed by atoms with Crippen molar-refractivity contribution in [3.63, 3.8) is 0 Å². The fraction of sp³-hybridized carbons (Fsp3) is 0.700. The zero-order valence-electron chi connectivity index (χ0n) is 10.3. The van der Waals surface area contributed by atoms with Crippen molar-refractivity contribution < 1.29 is 9.90 Å². The van der Waals surface area contributed by atoms with Gasteiger partial charge in [-0.1, -0.05) is 11.8 Å². The molecule has 0 saturated carbocycles. The lowest BCUT2D eigenvalue weighted by Gasteiger charge is -2.17. The predicted molar refractivity (Wildman–Crippen MR) is 66.3 cm³/mol. The molecule has 1 atom stereocenters. The van der Waals surface area contributed by atoms with Gasteiger partial charge in [0.2, 0.25) is 0 Å². The van der Waals surface area contributed by atoms with E-state index in [-0.39, 0.29) is 11.8 Å². The summed E-state index contributed by atoms with van der Waals surface area (Å²) in [7, 11) is 4.05. The molecule has 0 bridgehead atoms. The SMILES string of the molecule is CC(CCN(C)C)n1cnnc1SCC(=O)O. The molecule has 0 saturated heterocycles. The van der Waals surface area contributed by atoms with Crippen LogP contribution < -0.4 is 0 Å². The maximum atomic E-state index is 10.5. The van der Waals surface area contributed by atoms with Gasteiger partial charge in [-0.05, 0) is 34.0 Å². The Bertz CT molecular complexity index is 367. The van der Waals surface area contributed by atoms with E-state index in [0.29, 0.717) is 5.16 Å². The fourth-order valence-electron chi connectivity index (χ4n) is 1.35. The summed E-state index contributed by atoms with van der Waals surface area (Å²) in [4.78, 5) is 12.6. The van der Waals surface area contributed by atoms with Crippen LogP contribution >= 0.6 is 11.8 Å². The number of aliphatic carboxylic acids is 1. The summed E-state index contributed by atoms with van der Waals surface area (Å²) in [5.74, 6) is -0.829. The highest BCUT2D eigenvalue weighted by Gasteiger charge is 2.12. The third kappa shape index (κ3) is 4.74. The van der Waals surface area contributed by atoms with E-state index in [1.54, 1.807) is 6.33 Å². The maximum absolute atomic E-state index is 10.5. The van der Waals surface area contributed by atoms with Crippen LogP contribution in [0.5, 0.6) is 0 Å². The normalized spacial score (nSPS) is 12.9. The Morgan fingerprint density at radius 3 is 2.94 bits per heavy atom. The number of rotatable bonds is 7. The molecule has 0 aromatic carbocycles. The molecule has 0 fully saturated rings. The Balaban J connectivity index is 2.57. The molecule has 1 unspecified atom stereocenters. The van der Waals surface area contributed by atoms with Crippen molar-refractivity contribution >= 4 is 17.7 Å². The molecule has 0 amide bonds. The number of carbonyl (C=O) groups is 1. The third-order valence-corrected chi connectivity index (χ3v) is 3.28. The van der Waals surface area contributed by atoms with E-state index in [4.69, 9.17) is 5.11 Å². The van der Waals surface area contributed by atoms with Gasteiger partial charge in [0.25, 0.3) is 0 Å². The fourth-order valence-corrected chi connectivity index (χ4v) is 2.08. The van der Waals surface area contributed by atoms with Gasteiger partial charge < -0.3 is 14.6 Å². The number of thioether (sulfide) groups is 1. The van der Waals surface area contributed by atoms with Crippen LogP contribution in [0.15, 0.2) is 11.5 Å². The van der Waals surface area contributed by atoms with E-state index in [1.807, 2.05) is 18.7 Å². The van der Waals surface area contributed by atoms with Gasteiger partial charge in [0.15, 0.2) is 5.16 Å². The molecule has 7 heteroatoms. The van der Waals surface area contributed by atoms with Gasteiger partial charge in [0.1, 0.15) is 6.33 Å². The van der Waals surface area contributed by atoms with Gasteiger partial charge in [-0.15, -0.1) is 10.2 Å². The van der Waals surface area contributed by atoms with Crippen molar-refractivity contribution in [3.05, 3.63) is 6.33 Å². The summed E-state index contributed by atoms with van der Waals surface area (Å²) in [5, 5.41) is 17.1. The molecule has 0 aliphatic heterocycles. The van der Waals surface area contributed by atoms with Crippen molar-refractivity contribution in [2.75, 3.05) is 26.4 Å². The smallest absolute Gasteiger partial charge is 0.313 e. The molecule has 17 heavy (non-hydrogen) atoms. The molecule has 0 aliphatic rings. The van der Waals surface area contributed by atoms with Crippen LogP contribution in [-0.2, 0) is 4.79 Å². The van der Waals surface area contributed by atoms with Gasteiger partial charge in [0.05, 0.1) is 5.75 Å². The molecule has 1 heterocycles. The van der Waals surface area contributed by atoms with Crippen LogP contribution in [-0.4, -0.2) is 57.1 Å². The number of carboxylic acids is 1. The van der Waals surface area contributed by atoms with Crippen LogP contribution in [0.25, 0.3) is 0 Å². The molecule has 1 rings (SSSR count). The Labute approximate surface area is 105 Å². The molecular formula is C10H18N4O2S. The summed E-state index contributed by atoms with van der Waals surface area (Å²) >= 11 is 1.20. The average molecular weight is 258 g/mol. The largest absolute Gasteiger partial charge is 0.481 e. The minimum Gasteiger partial charge on any atom is -0.481 e. The second kappa shape index (κ2) is 6.61. The molecule has 0 aliphatic carbocycles. The molecule has 1 aromatic heterocycles. The Hall–Kier alpha value is -1.08. The summed E-state index contributed by atoms with van der Waals surface area (Å²) < 4.78 is 1.93. The lowest BCUT2D eigenvalue weighted by Crippen LogP contribution is -2.17. The molecule has 0 spiro atoms. The first-order valence-corrected chi connectivity index (χ1v) is 6.38. The second-order valence-electron chi connectivity index (χ2n) is 4.14. The minimum absolute atomic E-state index is 0.0130. The summed E-state index contributed by atoms with van der Waals surface area (Å²) in [6.07, 6.45) is 2.64. The summed E-state index contributed by atoms with van der Waals surface area (Å²) in [6, 6.07) is 0.267. The van der Waals surface area contributed by atoms with Gasteiger partial charge in [-0.3, -0.25) is 4.79 Å². The van der Waals surface area contributed by atoms with Gasteiger partial charge in [-0.2, -0.15) is 0 Å². The Morgan fingerprint density at radius 2 is 2.35 bits per heavy atom. The maximum Gasteiger partial charge on any atom is 0.313 e. The van der Waals surface area contributed by atoms with E-state index < -0.39 is 5.97 Å². The van der Waals surface area contributed by atoms with Crippen molar-refractivity contribution in [3.8, 4) is 0 Å². The van der Waals surface area contributed by atoms with Crippen molar-refractivity contribution in [2.45, 2.75) is 24.5 Å². The lowest BCUT2D eigenvalue weighted by atomic mass is 10.2. The van der Waals surface area contributed by atoms with E-state index in [2.05, 4.69) is 22.0 Å². The first kappa shape index (κ1) is 14.0. The highest BCUT2D eigenvalue weighted by molar-refractivity contribution is 7.99. The van der Waals surface area contributed by atoms with Crippen LogP contribution in [0.4, 0.5) is 0 Å². The van der Waals surface area contributed by atoms with Crippen LogP contribution in [0.2, 0.25) is 0 Å². The van der Waals surface area contributed by atoms with Crippen molar-refractivity contribution in [1.82, 2.24) is 19.7 Å². The van der Waals surface area contributed by atoms with Crippen molar-refractivity contribution in [2.24, 2.45) is 0 Å². The number of hydrogen-bond donors (Lipinski definition) is 1. The van der Waals surface area contributed by atoms with Crippen LogP contribution in [0.1, 0.15) is 19.4 Å². The first-order chi connectivity index (χ1) is 8.00. The van der Waals surface area contributed by atoms with E-state index in [1.165, 1.54) is 11.8 Å². The van der Waals surface area contributed by atoms with Crippen LogP contribution in [0, 0.1) is 0 Å². The predicted octanol–water partition coefficient (Wildman–Crippen LogP) is 0.968. The lowest BCUT2D eigenvalue weighted by molar-refractivity contribution is -0.133. The summed E-state index contributed by atoms with van der Waals surface area (Å²) in [5.41, 5.74) is 0. The molecule has 1 N–H and O–H groups in total. The first-order valence-electron chi connectivity index (χ1n) is 5.39. The number of nitrogens with zero attached hydrogens (tertiary/aromatic N) is 4. The standard InChI is InChI=1S/C10H18N4O2S/c1-8(4-5-13(2)3)14-7-11-12-10(14)17-6-9(15)16/h7-8H,4-6H2,1-3H3,(H,15,16). The Morgan fingerprint density at radius 1 is 1.65 bits per heavy atom. The average Bonchev–Trinajstić information content (AvgIpc) is 2.71. The van der Waals surface area contributed by atoms with E-state index >= 15 is 0 Å². The minimum atomic E-state index is -0.842. The molecule has 1 aromatic rings. The third-order valence-electron chi connectivity index (χ3n) is 2.33. The molecular weight excluding hydrogens is 240 g/mol. The topological polar surface area (TPSA) is 71.2 Å². The van der Waals surface area contributed by atoms with Gasteiger partial charge >= 0.3 is 5.97 Å². The van der Waals surface area contributed by atoms with Gasteiger partial charge in [0, 0.05) is 6.04 Å².